The van der Waals surface area contributed by atoms with E-state index in [1.54, 1.807) is 12.1 Å². The fourth-order valence-corrected chi connectivity index (χ4v) is 4.14. The van der Waals surface area contributed by atoms with Gasteiger partial charge in [0.2, 0.25) is 5.91 Å². The number of hydrogen-bond donors (Lipinski definition) is 2. The first-order valence-corrected chi connectivity index (χ1v) is 9.38. The third-order valence-electron chi connectivity index (χ3n) is 5.15. The zero-order valence-corrected chi connectivity index (χ0v) is 16.5. The normalized spacial score (nSPS) is 16.1. The minimum absolute atomic E-state index is 0.138. The zero-order chi connectivity index (χ0) is 19.8. The smallest absolute Gasteiger partial charge is 0.223 e. The van der Waals surface area contributed by atoms with Crippen LogP contribution in [-0.2, 0) is 24.2 Å². The van der Waals surface area contributed by atoms with E-state index in [0.29, 0.717) is 0 Å². The number of carbonyl (C=O) groups excluding carboxylic acids is 1. The molecule has 1 aromatic heterocycles. The van der Waals surface area contributed by atoms with Gasteiger partial charge in [0.1, 0.15) is 5.75 Å². The summed E-state index contributed by atoms with van der Waals surface area (Å²) < 4.78 is 2.29. The third-order valence-corrected chi connectivity index (χ3v) is 5.15. The lowest BCUT2D eigenvalue weighted by Crippen LogP contribution is -2.19. The number of fused-ring (bicyclic) bond motifs is 1. The Hall–Kier alpha value is -2.75. The van der Waals surface area contributed by atoms with Crippen molar-refractivity contribution in [2.75, 3.05) is 0 Å². The summed E-state index contributed by atoms with van der Waals surface area (Å²) >= 11 is 0. The van der Waals surface area contributed by atoms with Gasteiger partial charge in [0.25, 0.3) is 0 Å². The number of rotatable bonds is 5. The predicted molar refractivity (Wildman–Crippen MR) is 110 cm³/mol. The molecule has 0 fully saturated rings. The molecule has 3 rings (SSSR count). The van der Waals surface area contributed by atoms with Gasteiger partial charge in [0, 0.05) is 29.1 Å². The van der Waals surface area contributed by atoms with Gasteiger partial charge in [-0.25, -0.2) is 0 Å². The summed E-state index contributed by atoms with van der Waals surface area (Å²) in [6.07, 6.45) is 7.40. The molecule has 0 saturated carbocycles. The molecule has 0 atom stereocenters. The average Bonchev–Trinajstić information content (AvgIpc) is 3.05. The van der Waals surface area contributed by atoms with Crippen molar-refractivity contribution in [3.63, 3.8) is 0 Å². The van der Waals surface area contributed by atoms with Gasteiger partial charge in [-0.3, -0.25) is 4.79 Å². The van der Waals surface area contributed by atoms with Gasteiger partial charge in [0.05, 0.1) is 6.42 Å². The van der Waals surface area contributed by atoms with E-state index >= 15 is 0 Å². The van der Waals surface area contributed by atoms with Gasteiger partial charge >= 0.3 is 0 Å². The lowest BCUT2D eigenvalue weighted by Gasteiger charge is -2.19. The molecule has 142 valence electrons. The van der Waals surface area contributed by atoms with Gasteiger partial charge < -0.3 is 15.4 Å². The minimum atomic E-state index is -0.334. The van der Waals surface area contributed by atoms with Gasteiger partial charge in [-0.05, 0) is 49.0 Å². The maximum absolute atomic E-state index is 11.9. The van der Waals surface area contributed by atoms with Crippen LogP contribution in [0.5, 0.6) is 5.75 Å². The number of carbonyl (C=O) groups is 1. The minimum Gasteiger partial charge on any atom is -0.508 e. The van der Waals surface area contributed by atoms with Crippen molar-refractivity contribution in [3.05, 3.63) is 59.4 Å². The zero-order valence-electron chi connectivity index (χ0n) is 16.5. The summed E-state index contributed by atoms with van der Waals surface area (Å²) in [4.78, 5) is 11.9. The van der Waals surface area contributed by atoms with Crippen LogP contribution in [0.1, 0.15) is 44.6 Å². The van der Waals surface area contributed by atoms with Crippen LogP contribution in [0.3, 0.4) is 0 Å². The molecule has 0 bridgehead atoms. The Kier molecular flexibility index (Phi) is 5.01. The number of allylic oxidation sites excluding steroid dienone is 4. The first-order chi connectivity index (χ1) is 12.8. The van der Waals surface area contributed by atoms with Crippen molar-refractivity contribution < 1.29 is 9.90 Å². The van der Waals surface area contributed by atoms with Crippen LogP contribution in [0.15, 0.2) is 42.5 Å². The van der Waals surface area contributed by atoms with Crippen LogP contribution in [-0.4, -0.2) is 15.6 Å². The molecule has 27 heavy (non-hydrogen) atoms. The molecule has 0 radical (unpaired) electrons. The van der Waals surface area contributed by atoms with Gasteiger partial charge in [0.15, 0.2) is 0 Å². The molecule has 2 heterocycles. The van der Waals surface area contributed by atoms with E-state index in [1.807, 2.05) is 32.1 Å². The molecular formula is C23H28N2O2. The van der Waals surface area contributed by atoms with Crippen LogP contribution in [0.4, 0.5) is 0 Å². The summed E-state index contributed by atoms with van der Waals surface area (Å²) in [5.41, 5.74) is 12.3. The number of hydrogen-bond acceptors (Lipinski definition) is 2. The summed E-state index contributed by atoms with van der Waals surface area (Å²) in [5, 5.41) is 9.71. The molecule has 0 saturated heterocycles. The van der Waals surface area contributed by atoms with E-state index in [2.05, 4.69) is 30.6 Å². The number of nitrogens with two attached hydrogens (primary N) is 1. The second kappa shape index (κ2) is 7.10. The summed E-state index contributed by atoms with van der Waals surface area (Å²) in [6.45, 7) is 9.41. The van der Waals surface area contributed by atoms with Crippen molar-refractivity contribution in [2.24, 2.45) is 11.1 Å². The number of phenols is 1. The van der Waals surface area contributed by atoms with Gasteiger partial charge in [-0.1, -0.05) is 44.2 Å². The number of nitrogens with zero attached hydrogens (tertiary/aromatic N) is 1. The number of phenolic OH excluding ortho intramolecular Hbond substituents is 1. The van der Waals surface area contributed by atoms with Crippen LogP contribution in [0.2, 0.25) is 0 Å². The monoisotopic (exact) mass is 364 g/mol. The molecule has 1 aromatic carbocycles. The van der Waals surface area contributed by atoms with Crippen molar-refractivity contribution in [1.82, 2.24) is 4.57 Å². The second-order valence-corrected chi connectivity index (χ2v) is 8.00. The third kappa shape index (κ3) is 3.57. The van der Waals surface area contributed by atoms with Crippen LogP contribution in [0, 0.1) is 5.41 Å². The molecule has 1 aliphatic rings. The molecule has 4 nitrogen and oxygen atoms in total. The Bertz CT molecular complexity index is 928. The maximum Gasteiger partial charge on any atom is 0.223 e. The van der Waals surface area contributed by atoms with Crippen molar-refractivity contribution in [1.29, 1.82) is 0 Å². The molecule has 0 spiro atoms. The summed E-state index contributed by atoms with van der Waals surface area (Å²) in [6, 6.07) is 7.18. The number of aromatic nitrogens is 1. The van der Waals surface area contributed by atoms with Crippen LogP contribution in [0.25, 0.3) is 16.7 Å². The topological polar surface area (TPSA) is 68.2 Å². The largest absolute Gasteiger partial charge is 0.508 e. The van der Waals surface area contributed by atoms with E-state index < -0.39 is 0 Å². The van der Waals surface area contributed by atoms with E-state index in [0.717, 1.165) is 35.4 Å². The fraction of sp³-hybridized carbons (Fsp3) is 0.348. The number of benzene rings is 1. The SMILES string of the molecule is C/C=C\C(=C/C)c1c(-c2ccc(O)cc2)c(CC(N)=O)n2c1CC(C)(C)C2. The highest BCUT2D eigenvalue weighted by Crippen LogP contribution is 2.45. The van der Waals surface area contributed by atoms with E-state index in [9.17, 15) is 9.90 Å². The Labute approximate surface area is 161 Å². The predicted octanol–water partition coefficient (Wildman–Crippen LogP) is 4.45. The molecule has 4 heteroatoms. The number of amides is 1. The van der Waals surface area contributed by atoms with E-state index in [-0.39, 0.29) is 23.5 Å². The maximum atomic E-state index is 11.9. The highest BCUT2D eigenvalue weighted by molar-refractivity contribution is 5.91. The molecular weight excluding hydrogens is 336 g/mol. The highest BCUT2D eigenvalue weighted by atomic mass is 16.3. The summed E-state index contributed by atoms with van der Waals surface area (Å²) in [5.74, 6) is -0.107. The first-order valence-electron chi connectivity index (χ1n) is 9.38. The quantitative estimate of drug-likeness (QED) is 0.770. The second-order valence-electron chi connectivity index (χ2n) is 8.00. The van der Waals surface area contributed by atoms with E-state index in [1.165, 1.54) is 11.3 Å². The van der Waals surface area contributed by atoms with Crippen molar-refractivity contribution in [3.8, 4) is 16.9 Å². The van der Waals surface area contributed by atoms with Crippen molar-refractivity contribution >= 4 is 11.5 Å². The Morgan fingerprint density at radius 1 is 1.26 bits per heavy atom. The molecule has 2 aromatic rings. The summed E-state index contributed by atoms with van der Waals surface area (Å²) in [7, 11) is 0. The molecule has 3 N–H and O–H groups in total. The lowest BCUT2D eigenvalue weighted by atomic mass is 9.86. The molecule has 1 aliphatic heterocycles. The lowest BCUT2D eigenvalue weighted by molar-refractivity contribution is -0.117. The Morgan fingerprint density at radius 2 is 1.93 bits per heavy atom. The highest BCUT2D eigenvalue weighted by Gasteiger charge is 2.36. The standard InChI is InChI=1S/C23H28N2O2/c1-5-7-15(6-2)21-19-13-23(3,4)14-25(19)18(12-20(24)27)22(21)16-8-10-17(26)11-9-16/h5-11,26H,12-14H2,1-4H3,(H2,24,27)/b7-5-,15-6+. The average molecular weight is 364 g/mol. The Balaban J connectivity index is 2.35. The molecule has 0 unspecified atom stereocenters. The molecule has 1 amide bonds. The van der Waals surface area contributed by atoms with Crippen LogP contribution >= 0.6 is 0 Å². The number of primary amides is 1. The molecule has 0 aliphatic carbocycles. The number of aromatic hydroxyl groups is 1. The Morgan fingerprint density at radius 3 is 2.48 bits per heavy atom. The van der Waals surface area contributed by atoms with Gasteiger partial charge in [-0.15, -0.1) is 0 Å². The van der Waals surface area contributed by atoms with Gasteiger partial charge in [-0.2, -0.15) is 0 Å². The van der Waals surface area contributed by atoms with E-state index in [4.69, 9.17) is 5.73 Å². The first kappa shape index (κ1) is 19.0. The van der Waals surface area contributed by atoms with Crippen LogP contribution < -0.4 is 5.73 Å². The fourth-order valence-electron chi connectivity index (χ4n) is 4.14. The van der Waals surface area contributed by atoms with Crippen molar-refractivity contribution in [2.45, 2.75) is 47.1 Å².